The number of piperidine rings is 1. The third-order valence-corrected chi connectivity index (χ3v) is 6.31. The Balaban J connectivity index is 1.33. The number of halogens is 1. The van der Waals surface area contributed by atoms with E-state index in [0.29, 0.717) is 30.0 Å². The molecule has 0 bridgehead atoms. The average molecular weight is 348 g/mol. The number of anilines is 1. The summed E-state index contributed by atoms with van der Waals surface area (Å²) in [7, 11) is 1.78. The molecule has 2 aliphatic heterocycles. The van der Waals surface area contributed by atoms with Gasteiger partial charge in [-0.3, -0.25) is 0 Å². The largest absolute Gasteiger partial charge is 0.384 e. The Bertz CT molecular complexity index is 603. The summed E-state index contributed by atoms with van der Waals surface area (Å²) in [5.74, 6) is 1.01. The van der Waals surface area contributed by atoms with E-state index in [2.05, 4.69) is 10.2 Å². The fraction of sp³-hybridized carbons (Fsp3) is 0.700. The summed E-state index contributed by atoms with van der Waals surface area (Å²) in [6.45, 7) is 5.72. The molecule has 1 aliphatic carbocycles. The topological polar surface area (TPSA) is 33.7 Å². The van der Waals surface area contributed by atoms with Crippen LogP contribution in [0.2, 0.25) is 0 Å². The maximum Gasteiger partial charge on any atom is 0.123 e. The van der Waals surface area contributed by atoms with Crippen molar-refractivity contribution in [2.45, 2.75) is 44.4 Å². The van der Waals surface area contributed by atoms with E-state index >= 15 is 0 Å². The Hall–Kier alpha value is -1.17. The van der Waals surface area contributed by atoms with Crippen molar-refractivity contribution in [3.8, 4) is 0 Å². The molecule has 0 spiro atoms. The minimum Gasteiger partial charge on any atom is -0.384 e. The van der Waals surface area contributed by atoms with Gasteiger partial charge in [0.2, 0.25) is 0 Å². The number of hydrogen-bond donors (Lipinski definition) is 1. The zero-order valence-corrected chi connectivity index (χ0v) is 15.2. The van der Waals surface area contributed by atoms with Gasteiger partial charge in [-0.2, -0.15) is 0 Å². The molecule has 2 saturated heterocycles. The van der Waals surface area contributed by atoms with Gasteiger partial charge < -0.3 is 19.7 Å². The van der Waals surface area contributed by atoms with E-state index < -0.39 is 0 Å². The summed E-state index contributed by atoms with van der Waals surface area (Å²) in [6, 6.07) is 6.21. The number of fused-ring (bicyclic) bond motifs is 1. The first kappa shape index (κ1) is 17.3. The number of aryl methyl sites for hydroxylation is 1. The highest BCUT2D eigenvalue weighted by Crippen LogP contribution is 2.44. The van der Waals surface area contributed by atoms with Gasteiger partial charge in [-0.25, -0.2) is 4.39 Å². The highest BCUT2D eigenvalue weighted by Gasteiger charge is 2.54. The average Bonchev–Trinajstić information content (AvgIpc) is 3.03. The highest BCUT2D eigenvalue weighted by molar-refractivity contribution is 5.53. The molecule has 3 fully saturated rings. The minimum atomic E-state index is -0.152. The van der Waals surface area contributed by atoms with Crippen LogP contribution in [0.15, 0.2) is 18.2 Å². The van der Waals surface area contributed by atoms with Crippen molar-refractivity contribution < 1.29 is 13.9 Å². The Labute approximate surface area is 149 Å². The van der Waals surface area contributed by atoms with Crippen LogP contribution in [0, 0.1) is 24.6 Å². The molecule has 1 N–H and O–H groups in total. The zero-order chi connectivity index (χ0) is 17.4. The number of nitrogens with zero attached hydrogens (tertiary/aromatic N) is 1. The molecule has 0 radical (unpaired) electrons. The van der Waals surface area contributed by atoms with E-state index in [1.807, 2.05) is 13.0 Å². The maximum atomic E-state index is 13.3. The summed E-state index contributed by atoms with van der Waals surface area (Å²) >= 11 is 0. The Morgan fingerprint density at radius 1 is 1.28 bits per heavy atom. The van der Waals surface area contributed by atoms with E-state index in [-0.39, 0.29) is 5.82 Å². The predicted molar refractivity (Wildman–Crippen MR) is 96.5 cm³/mol. The minimum absolute atomic E-state index is 0.152. The quantitative estimate of drug-likeness (QED) is 0.887. The number of benzene rings is 1. The molecule has 1 saturated carbocycles. The van der Waals surface area contributed by atoms with E-state index in [9.17, 15) is 4.39 Å². The smallest absolute Gasteiger partial charge is 0.123 e. The zero-order valence-electron chi connectivity index (χ0n) is 15.2. The molecule has 0 aromatic heterocycles. The van der Waals surface area contributed by atoms with Crippen LogP contribution in [-0.4, -0.2) is 51.6 Å². The van der Waals surface area contributed by atoms with E-state index in [0.717, 1.165) is 44.7 Å². The Kier molecular flexibility index (Phi) is 4.98. The van der Waals surface area contributed by atoms with Gasteiger partial charge in [-0.05, 0) is 49.9 Å². The molecule has 138 valence electrons. The van der Waals surface area contributed by atoms with Crippen LogP contribution in [0.1, 0.15) is 24.8 Å². The van der Waals surface area contributed by atoms with Crippen LogP contribution in [-0.2, 0) is 9.47 Å². The molecule has 0 amide bonds. The summed E-state index contributed by atoms with van der Waals surface area (Å²) in [4.78, 5) is 2.39. The predicted octanol–water partition coefficient (Wildman–Crippen LogP) is 2.74. The van der Waals surface area contributed by atoms with Gasteiger partial charge in [-0.1, -0.05) is 0 Å². The number of methoxy groups -OCH3 is 1. The lowest BCUT2D eigenvalue weighted by Gasteiger charge is -2.50. The highest BCUT2D eigenvalue weighted by atomic mass is 19.1. The molecule has 1 aromatic carbocycles. The molecule has 0 unspecified atom stereocenters. The Morgan fingerprint density at radius 2 is 2.08 bits per heavy atom. The van der Waals surface area contributed by atoms with Crippen LogP contribution >= 0.6 is 0 Å². The summed E-state index contributed by atoms with van der Waals surface area (Å²) in [6.07, 6.45) is 3.84. The SMILES string of the molecule is COC[C@@H]1[C@H](NC2CCN(c3ccc(F)cc3C)CC2)[C@@H]2CCO[C@H]12. The summed E-state index contributed by atoms with van der Waals surface area (Å²) < 4.78 is 24.6. The summed E-state index contributed by atoms with van der Waals surface area (Å²) in [5, 5.41) is 3.91. The molecule has 5 heteroatoms. The molecule has 4 nitrogen and oxygen atoms in total. The molecule has 25 heavy (non-hydrogen) atoms. The van der Waals surface area contributed by atoms with Crippen LogP contribution in [0.25, 0.3) is 0 Å². The number of nitrogens with one attached hydrogen (secondary N) is 1. The molecule has 2 heterocycles. The standard InChI is InChI=1S/C20H29FN2O2/c1-13-11-14(21)3-4-18(13)23-8-5-15(6-9-23)22-19-16-7-10-25-20(16)17(19)12-24-2/h3-4,11,15-17,19-20,22H,5-10,12H2,1-2H3/t16-,17+,19+,20-/m0/s1. The fourth-order valence-electron chi connectivity index (χ4n) is 5.00. The van der Waals surface area contributed by atoms with E-state index in [1.165, 1.54) is 12.1 Å². The van der Waals surface area contributed by atoms with Gasteiger partial charge in [0.05, 0.1) is 12.7 Å². The lowest BCUT2D eigenvalue weighted by Crippen LogP contribution is -2.64. The first-order valence-electron chi connectivity index (χ1n) is 9.55. The second-order valence-corrected chi connectivity index (χ2v) is 7.79. The molecule has 3 aliphatic rings. The lowest BCUT2D eigenvalue weighted by molar-refractivity contribution is -0.0873. The Morgan fingerprint density at radius 3 is 2.80 bits per heavy atom. The number of rotatable bonds is 5. The van der Waals surface area contributed by atoms with Gasteiger partial charge in [0.1, 0.15) is 5.82 Å². The molecular formula is C20H29FN2O2. The van der Waals surface area contributed by atoms with Crippen molar-refractivity contribution >= 4 is 5.69 Å². The van der Waals surface area contributed by atoms with Crippen molar-refractivity contribution in [2.75, 3.05) is 38.3 Å². The van der Waals surface area contributed by atoms with Crippen molar-refractivity contribution in [3.05, 3.63) is 29.6 Å². The maximum absolute atomic E-state index is 13.3. The van der Waals surface area contributed by atoms with E-state index in [1.54, 1.807) is 19.2 Å². The van der Waals surface area contributed by atoms with Crippen LogP contribution < -0.4 is 10.2 Å². The van der Waals surface area contributed by atoms with Gasteiger partial charge in [0.25, 0.3) is 0 Å². The van der Waals surface area contributed by atoms with Gasteiger partial charge in [-0.15, -0.1) is 0 Å². The van der Waals surface area contributed by atoms with Gasteiger partial charge >= 0.3 is 0 Å². The van der Waals surface area contributed by atoms with Gasteiger partial charge in [0.15, 0.2) is 0 Å². The van der Waals surface area contributed by atoms with E-state index in [4.69, 9.17) is 9.47 Å². The normalized spacial score (nSPS) is 32.5. The first-order valence-corrected chi connectivity index (χ1v) is 9.55. The van der Waals surface area contributed by atoms with Crippen molar-refractivity contribution in [3.63, 3.8) is 0 Å². The number of ether oxygens (including phenoxy) is 2. The molecule has 4 rings (SSSR count). The second-order valence-electron chi connectivity index (χ2n) is 7.79. The van der Waals surface area contributed by atoms with Crippen LogP contribution in [0.4, 0.5) is 10.1 Å². The van der Waals surface area contributed by atoms with Crippen molar-refractivity contribution in [1.29, 1.82) is 0 Å². The lowest BCUT2D eigenvalue weighted by atomic mass is 9.66. The van der Waals surface area contributed by atoms with Gasteiger partial charge in [0, 0.05) is 56.4 Å². The van der Waals surface area contributed by atoms with Crippen molar-refractivity contribution in [2.24, 2.45) is 11.8 Å². The molecule has 1 aromatic rings. The first-order chi connectivity index (χ1) is 12.2. The third-order valence-electron chi connectivity index (χ3n) is 6.31. The monoisotopic (exact) mass is 348 g/mol. The van der Waals surface area contributed by atoms with Crippen LogP contribution in [0.5, 0.6) is 0 Å². The number of hydrogen-bond acceptors (Lipinski definition) is 4. The molecular weight excluding hydrogens is 319 g/mol. The summed E-state index contributed by atoms with van der Waals surface area (Å²) in [5.41, 5.74) is 2.20. The fourth-order valence-corrected chi connectivity index (χ4v) is 5.00. The molecule has 4 atom stereocenters. The van der Waals surface area contributed by atoms with Crippen LogP contribution in [0.3, 0.4) is 0 Å². The van der Waals surface area contributed by atoms with Crippen molar-refractivity contribution in [1.82, 2.24) is 5.32 Å². The third kappa shape index (κ3) is 3.29. The second kappa shape index (κ2) is 7.22.